The van der Waals surface area contributed by atoms with E-state index >= 15 is 0 Å². The fourth-order valence-electron chi connectivity index (χ4n) is 1.72. The molecule has 1 saturated heterocycles. The standard InChI is InChI=1S/C12H20N4OS/c1-12(2,3)9-6-10(16-15-9)14-11(17)8-7-18-5-4-13-8/h6,8,13H,4-5,7H2,1-3H3,(H2,14,15,16,17). The molecule has 1 aromatic heterocycles. The highest BCUT2D eigenvalue weighted by Crippen LogP contribution is 2.22. The van der Waals surface area contributed by atoms with Gasteiger partial charge in [0.15, 0.2) is 5.82 Å². The molecule has 1 aliphatic rings. The number of aromatic nitrogens is 2. The Labute approximate surface area is 111 Å². The van der Waals surface area contributed by atoms with Gasteiger partial charge in [0.2, 0.25) is 5.91 Å². The Hall–Kier alpha value is -1.01. The molecule has 0 bridgehead atoms. The molecule has 0 aromatic carbocycles. The molecule has 0 aliphatic carbocycles. The number of hydrogen-bond acceptors (Lipinski definition) is 4. The molecule has 1 aromatic rings. The van der Waals surface area contributed by atoms with E-state index in [1.165, 1.54) is 0 Å². The summed E-state index contributed by atoms with van der Waals surface area (Å²) in [7, 11) is 0. The zero-order valence-corrected chi connectivity index (χ0v) is 11.9. The molecule has 3 N–H and O–H groups in total. The number of carbonyl (C=O) groups excluding carboxylic acids is 1. The first kappa shape index (κ1) is 13.4. The zero-order valence-electron chi connectivity index (χ0n) is 11.0. The van der Waals surface area contributed by atoms with E-state index in [1.54, 1.807) is 11.8 Å². The predicted octanol–water partition coefficient (Wildman–Crippen LogP) is 1.35. The Morgan fingerprint density at radius 1 is 1.56 bits per heavy atom. The summed E-state index contributed by atoms with van der Waals surface area (Å²) >= 11 is 1.80. The van der Waals surface area contributed by atoms with Gasteiger partial charge in [-0.15, -0.1) is 0 Å². The molecule has 1 unspecified atom stereocenters. The number of carbonyl (C=O) groups is 1. The summed E-state index contributed by atoms with van der Waals surface area (Å²) in [4.78, 5) is 12.0. The monoisotopic (exact) mass is 268 g/mol. The predicted molar refractivity (Wildman–Crippen MR) is 75.0 cm³/mol. The summed E-state index contributed by atoms with van der Waals surface area (Å²) in [5, 5.41) is 13.1. The van der Waals surface area contributed by atoms with Gasteiger partial charge >= 0.3 is 0 Å². The number of nitrogens with one attached hydrogen (secondary N) is 3. The minimum Gasteiger partial charge on any atom is -0.308 e. The molecule has 5 nitrogen and oxygen atoms in total. The van der Waals surface area contributed by atoms with Gasteiger partial charge in [-0.1, -0.05) is 20.8 Å². The van der Waals surface area contributed by atoms with Crippen molar-refractivity contribution < 1.29 is 4.79 Å². The van der Waals surface area contributed by atoms with Crippen molar-refractivity contribution in [1.82, 2.24) is 15.5 Å². The van der Waals surface area contributed by atoms with Crippen molar-refractivity contribution in [2.45, 2.75) is 32.2 Å². The van der Waals surface area contributed by atoms with Crippen LogP contribution in [0.25, 0.3) is 0 Å². The van der Waals surface area contributed by atoms with Gasteiger partial charge in [0, 0.05) is 35.2 Å². The van der Waals surface area contributed by atoms with Crippen LogP contribution in [0.4, 0.5) is 5.82 Å². The Kier molecular flexibility index (Phi) is 3.97. The number of anilines is 1. The van der Waals surface area contributed by atoms with Gasteiger partial charge in [-0.3, -0.25) is 9.89 Å². The summed E-state index contributed by atoms with van der Waals surface area (Å²) in [5.41, 5.74) is 1.03. The molecule has 1 aliphatic heterocycles. The quantitative estimate of drug-likeness (QED) is 0.757. The highest BCUT2D eigenvalue weighted by molar-refractivity contribution is 7.99. The van der Waals surface area contributed by atoms with Crippen LogP contribution in [0.1, 0.15) is 26.5 Å². The molecule has 18 heavy (non-hydrogen) atoms. The first-order valence-electron chi connectivity index (χ1n) is 6.15. The smallest absolute Gasteiger partial charge is 0.243 e. The Bertz CT molecular complexity index is 418. The second-order valence-electron chi connectivity index (χ2n) is 5.49. The average Bonchev–Trinajstić information content (AvgIpc) is 2.78. The Balaban J connectivity index is 1.96. The fraction of sp³-hybridized carbons (Fsp3) is 0.667. The van der Waals surface area contributed by atoms with Crippen LogP contribution < -0.4 is 10.6 Å². The third-order valence-electron chi connectivity index (χ3n) is 2.88. The number of rotatable bonds is 2. The van der Waals surface area contributed by atoms with Crippen LogP contribution in [0.3, 0.4) is 0 Å². The second kappa shape index (κ2) is 5.32. The van der Waals surface area contributed by atoms with Crippen LogP contribution in [0.2, 0.25) is 0 Å². The summed E-state index contributed by atoms with van der Waals surface area (Å²) in [6.45, 7) is 7.19. The van der Waals surface area contributed by atoms with Crippen molar-refractivity contribution in [3.63, 3.8) is 0 Å². The lowest BCUT2D eigenvalue weighted by Gasteiger charge is -2.21. The summed E-state index contributed by atoms with van der Waals surface area (Å²) in [5.74, 6) is 2.49. The molecular formula is C12H20N4OS. The van der Waals surface area contributed by atoms with Crippen LogP contribution in [-0.2, 0) is 10.2 Å². The second-order valence-corrected chi connectivity index (χ2v) is 6.64. The number of amides is 1. The third-order valence-corrected chi connectivity index (χ3v) is 3.94. The summed E-state index contributed by atoms with van der Waals surface area (Å²) < 4.78 is 0. The Morgan fingerprint density at radius 3 is 2.89 bits per heavy atom. The minimum atomic E-state index is -0.112. The summed E-state index contributed by atoms with van der Waals surface area (Å²) in [6.07, 6.45) is 0. The van der Waals surface area contributed by atoms with E-state index in [1.807, 2.05) is 6.07 Å². The first-order chi connectivity index (χ1) is 8.47. The molecule has 100 valence electrons. The van der Waals surface area contributed by atoms with Crippen molar-refractivity contribution >= 4 is 23.5 Å². The van der Waals surface area contributed by atoms with Crippen LogP contribution in [0, 0.1) is 0 Å². The molecule has 1 fully saturated rings. The maximum atomic E-state index is 12.0. The number of nitrogens with zero attached hydrogens (tertiary/aromatic N) is 1. The van der Waals surface area contributed by atoms with E-state index < -0.39 is 0 Å². The molecule has 1 atom stereocenters. The molecule has 1 amide bonds. The van der Waals surface area contributed by atoms with Gasteiger partial charge in [0.05, 0.1) is 6.04 Å². The van der Waals surface area contributed by atoms with Gasteiger partial charge in [-0.25, -0.2) is 0 Å². The van der Waals surface area contributed by atoms with Crippen LogP contribution >= 0.6 is 11.8 Å². The topological polar surface area (TPSA) is 69.8 Å². The number of H-pyrrole nitrogens is 1. The summed E-state index contributed by atoms with van der Waals surface area (Å²) in [6, 6.07) is 1.78. The van der Waals surface area contributed by atoms with E-state index in [4.69, 9.17) is 0 Å². The van der Waals surface area contributed by atoms with Crippen LogP contribution in [0.15, 0.2) is 6.07 Å². The molecule has 2 rings (SSSR count). The van der Waals surface area contributed by atoms with E-state index in [-0.39, 0.29) is 17.4 Å². The van der Waals surface area contributed by atoms with Crippen LogP contribution in [0.5, 0.6) is 0 Å². The van der Waals surface area contributed by atoms with Crippen molar-refractivity contribution in [1.29, 1.82) is 0 Å². The molecule has 0 spiro atoms. The lowest BCUT2D eigenvalue weighted by Crippen LogP contribution is -2.46. The van der Waals surface area contributed by atoms with Gasteiger partial charge in [-0.2, -0.15) is 16.9 Å². The molecule has 2 heterocycles. The van der Waals surface area contributed by atoms with Gasteiger partial charge in [0.1, 0.15) is 0 Å². The molecule has 6 heteroatoms. The van der Waals surface area contributed by atoms with E-state index in [0.29, 0.717) is 5.82 Å². The van der Waals surface area contributed by atoms with Crippen molar-refractivity contribution in [2.75, 3.05) is 23.4 Å². The molecule has 0 saturated carbocycles. The Morgan fingerprint density at radius 2 is 2.33 bits per heavy atom. The first-order valence-corrected chi connectivity index (χ1v) is 7.30. The number of aromatic amines is 1. The average molecular weight is 268 g/mol. The lowest BCUT2D eigenvalue weighted by atomic mass is 9.92. The lowest BCUT2D eigenvalue weighted by molar-refractivity contribution is -0.117. The maximum Gasteiger partial charge on any atom is 0.243 e. The SMILES string of the molecule is CC(C)(C)c1cc(NC(=O)C2CSCCN2)n[nH]1. The zero-order chi connectivity index (χ0) is 13.2. The van der Waals surface area contributed by atoms with E-state index in [0.717, 1.165) is 23.7 Å². The van der Waals surface area contributed by atoms with Gasteiger partial charge in [-0.05, 0) is 0 Å². The fourth-order valence-corrected chi connectivity index (χ4v) is 2.65. The third kappa shape index (κ3) is 3.26. The van der Waals surface area contributed by atoms with E-state index in [2.05, 4.69) is 41.6 Å². The van der Waals surface area contributed by atoms with Gasteiger partial charge in [0.25, 0.3) is 0 Å². The van der Waals surface area contributed by atoms with Crippen molar-refractivity contribution in [2.24, 2.45) is 0 Å². The number of hydrogen-bond donors (Lipinski definition) is 3. The molecular weight excluding hydrogens is 248 g/mol. The normalized spacial score (nSPS) is 20.7. The van der Waals surface area contributed by atoms with Crippen molar-refractivity contribution in [3.05, 3.63) is 11.8 Å². The number of thioether (sulfide) groups is 1. The largest absolute Gasteiger partial charge is 0.308 e. The highest BCUT2D eigenvalue weighted by atomic mass is 32.2. The van der Waals surface area contributed by atoms with E-state index in [9.17, 15) is 4.79 Å². The highest BCUT2D eigenvalue weighted by Gasteiger charge is 2.22. The van der Waals surface area contributed by atoms with Gasteiger partial charge < -0.3 is 10.6 Å². The molecule has 0 radical (unpaired) electrons. The maximum absolute atomic E-state index is 12.0. The minimum absolute atomic E-state index is 0.00541. The van der Waals surface area contributed by atoms with Crippen molar-refractivity contribution in [3.8, 4) is 0 Å². The van der Waals surface area contributed by atoms with Crippen LogP contribution in [-0.4, -0.2) is 40.2 Å².